The van der Waals surface area contributed by atoms with E-state index in [0.29, 0.717) is 5.41 Å². The number of aryl methyl sites for hydroxylation is 3. The number of piperidine rings is 1. The quantitative estimate of drug-likeness (QED) is 0.776. The van der Waals surface area contributed by atoms with Crippen LogP contribution >= 0.6 is 0 Å². The Bertz CT molecular complexity index is 924. The Morgan fingerprint density at radius 2 is 1.83 bits per heavy atom. The largest absolute Gasteiger partial charge is 0.496 e. The van der Waals surface area contributed by atoms with Crippen LogP contribution in [-0.4, -0.2) is 36.3 Å². The zero-order valence-corrected chi connectivity index (χ0v) is 18.4. The van der Waals surface area contributed by atoms with Gasteiger partial charge in [0.25, 0.3) is 0 Å². The fourth-order valence-corrected chi connectivity index (χ4v) is 4.24. The first-order chi connectivity index (χ1) is 13.6. The summed E-state index contributed by atoms with van der Waals surface area (Å²) in [4.78, 5) is 18.8. The van der Waals surface area contributed by atoms with Crippen molar-refractivity contribution in [2.24, 2.45) is 5.41 Å². The number of anilines is 1. The molecule has 0 bridgehead atoms. The molecule has 1 aromatic carbocycles. The highest BCUT2D eigenvalue weighted by molar-refractivity contribution is 5.87. The zero-order chi connectivity index (χ0) is 21.3. The summed E-state index contributed by atoms with van der Waals surface area (Å²) >= 11 is 0. The number of aromatic nitrogens is 1. The Labute approximate surface area is 173 Å². The van der Waals surface area contributed by atoms with Crippen molar-refractivity contribution in [1.29, 1.82) is 0 Å². The minimum Gasteiger partial charge on any atom is -0.496 e. The first-order valence-corrected chi connectivity index (χ1v) is 10.2. The van der Waals surface area contributed by atoms with Crippen LogP contribution < -0.4 is 9.64 Å². The summed E-state index contributed by atoms with van der Waals surface area (Å²) in [6.45, 7) is 12.4. The molecule has 2 heterocycles. The number of aliphatic carboxylic acids is 1. The van der Waals surface area contributed by atoms with E-state index in [0.717, 1.165) is 71.0 Å². The van der Waals surface area contributed by atoms with E-state index in [1.165, 1.54) is 0 Å². The molecule has 29 heavy (non-hydrogen) atoms. The highest BCUT2D eigenvalue weighted by atomic mass is 16.5. The molecule has 5 heteroatoms. The van der Waals surface area contributed by atoms with Gasteiger partial charge in [-0.3, -0.25) is 9.78 Å². The standard InChI is InChI=1S/C24H32N2O3/c1-15-7-8-18(13-20(15)29-6)22-17(3)25-16(2)19(14-21(27)28)23(22)26-11-9-24(4,5)10-12-26/h7-8,13H,9-12,14H2,1-6H3,(H,27,28). The van der Waals surface area contributed by atoms with Crippen LogP contribution in [-0.2, 0) is 11.2 Å². The van der Waals surface area contributed by atoms with Crippen LogP contribution in [0.4, 0.5) is 5.69 Å². The van der Waals surface area contributed by atoms with E-state index in [-0.39, 0.29) is 6.42 Å². The molecule has 0 radical (unpaired) electrons. The molecule has 2 aromatic rings. The molecular weight excluding hydrogens is 364 g/mol. The van der Waals surface area contributed by atoms with Crippen LogP contribution in [0.3, 0.4) is 0 Å². The van der Waals surface area contributed by atoms with Crippen molar-refractivity contribution in [2.45, 2.75) is 53.9 Å². The number of pyridine rings is 1. The SMILES string of the molecule is COc1cc(-c2c(C)nc(C)c(CC(=O)O)c2N2CCC(C)(C)CC2)ccc1C. The molecular formula is C24H32N2O3. The van der Waals surface area contributed by atoms with Crippen LogP contribution in [0, 0.1) is 26.2 Å². The molecule has 0 unspecified atom stereocenters. The Kier molecular flexibility index (Phi) is 5.87. The van der Waals surface area contributed by atoms with Gasteiger partial charge in [0, 0.05) is 35.6 Å². The van der Waals surface area contributed by atoms with Gasteiger partial charge in [0.2, 0.25) is 0 Å². The van der Waals surface area contributed by atoms with E-state index in [1.54, 1.807) is 7.11 Å². The zero-order valence-electron chi connectivity index (χ0n) is 18.4. The third-order valence-electron chi connectivity index (χ3n) is 6.11. The number of hydrogen-bond donors (Lipinski definition) is 1. The topological polar surface area (TPSA) is 62.7 Å². The molecule has 1 aliphatic heterocycles. The van der Waals surface area contributed by atoms with Crippen molar-refractivity contribution in [3.63, 3.8) is 0 Å². The van der Waals surface area contributed by atoms with E-state index >= 15 is 0 Å². The fourth-order valence-electron chi connectivity index (χ4n) is 4.24. The van der Waals surface area contributed by atoms with Gasteiger partial charge in [-0.15, -0.1) is 0 Å². The van der Waals surface area contributed by atoms with E-state index in [1.807, 2.05) is 32.9 Å². The van der Waals surface area contributed by atoms with Crippen LogP contribution in [0.25, 0.3) is 11.1 Å². The second-order valence-electron chi connectivity index (χ2n) is 8.89. The molecule has 1 saturated heterocycles. The molecule has 0 aliphatic carbocycles. The number of hydrogen-bond acceptors (Lipinski definition) is 4. The van der Waals surface area contributed by atoms with Crippen molar-refractivity contribution in [2.75, 3.05) is 25.1 Å². The lowest BCUT2D eigenvalue weighted by Crippen LogP contribution is -2.38. The van der Waals surface area contributed by atoms with E-state index < -0.39 is 5.97 Å². The fraction of sp³-hybridized carbons (Fsp3) is 0.500. The molecule has 3 rings (SSSR count). The molecule has 156 valence electrons. The molecule has 1 fully saturated rings. The third kappa shape index (κ3) is 4.39. The molecule has 0 spiro atoms. The molecule has 0 atom stereocenters. The summed E-state index contributed by atoms with van der Waals surface area (Å²) in [5.74, 6) is -0.00207. The van der Waals surface area contributed by atoms with Crippen molar-refractivity contribution in [3.05, 3.63) is 40.7 Å². The number of benzene rings is 1. The second kappa shape index (κ2) is 8.05. The van der Waals surface area contributed by atoms with E-state index in [2.05, 4.69) is 24.8 Å². The predicted octanol–water partition coefficient (Wildman–Crippen LogP) is 4.94. The summed E-state index contributed by atoms with van der Waals surface area (Å²) < 4.78 is 5.55. The minimum atomic E-state index is -0.829. The molecule has 0 amide bonds. The van der Waals surface area contributed by atoms with Gasteiger partial charge in [-0.05, 0) is 56.2 Å². The number of carbonyl (C=O) groups is 1. The van der Waals surface area contributed by atoms with Gasteiger partial charge in [0.15, 0.2) is 0 Å². The number of carboxylic acid groups (broad SMARTS) is 1. The predicted molar refractivity (Wildman–Crippen MR) is 117 cm³/mol. The summed E-state index contributed by atoms with van der Waals surface area (Å²) in [7, 11) is 1.68. The molecule has 5 nitrogen and oxygen atoms in total. The third-order valence-corrected chi connectivity index (χ3v) is 6.11. The van der Waals surface area contributed by atoms with Gasteiger partial charge in [-0.25, -0.2) is 0 Å². The van der Waals surface area contributed by atoms with E-state index in [9.17, 15) is 9.90 Å². The number of nitrogens with zero attached hydrogens (tertiary/aromatic N) is 2. The van der Waals surface area contributed by atoms with Gasteiger partial charge in [0.05, 0.1) is 19.2 Å². The summed E-state index contributed by atoms with van der Waals surface area (Å²) in [5.41, 5.74) is 6.98. The lowest BCUT2D eigenvalue weighted by Gasteiger charge is -2.40. The molecule has 1 N–H and O–H groups in total. The highest BCUT2D eigenvalue weighted by Gasteiger charge is 2.30. The smallest absolute Gasteiger partial charge is 0.307 e. The van der Waals surface area contributed by atoms with Gasteiger partial charge in [-0.1, -0.05) is 26.0 Å². The normalized spacial score (nSPS) is 16.0. The summed E-state index contributed by atoms with van der Waals surface area (Å²) in [6.07, 6.45) is 2.14. The summed E-state index contributed by atoms with van der Waals surface area (Å²) in [6, 6.07) is 6.17. The first-order valence-electron chi connectivity index (χ1n) is 10.2. The second-order valence-corrected chi connectivity index (χ2v) is 8.89. The monoisotopic (exact) mass is 396 g/mol. The summed E-state index contributed by atoms with van der Waals surface area (Å²) in [5, 5.41) is 9.58. The first kappa shape index (κ1) is 21.2. The van der Waals surface area contributed by atoms with Crippen molar-refractivity contribution in [3.8, 4) is 16.9 Å². The number of rotatable bonds is 5. The Morgan fingerprint density at radius 3 is 2.41 bits per heavy atom. The van der Waals surface area contributed by atoms with Crippen molar-refractivity contribution >= 4 is 11.7 Å². The van der Waals surface area contributed by atoms with Crippen LogP contribution in [0.15, 0.2) is 18.2 Å². The molecule has 0 saturated carbocycles. The van der Waals surface area contributed by atoms with Crippen LogP contribution in [0.1, 0.15) is 49.2 Å². The Hall–Kier alpha value is -2.56. The maximum atomic E-state index is 11.7. The maximum Gasteiger partial charge on any atom is 0.307 e. The highest BCUT2D eigenvalue weighted by Crippen LogP contribution is 2.42. The van der Waals surface area contributed by atoms with Gasteiger partial charge >= 0.3 is 5.97 Å². The Morgan fingerprint density at radius 1 is 1.17 bits per heavy atom. The lowest BCUT2D eigenvalue weighted by molar-refractivity contribution is -0.136. The van der Waals surface area contributed by atoms with Crippen LogP contribution in [0.2, 0.25) is 0 Å². The number of carboxylic acids is 1. The van der Waals surface area contributed by atoms with Gasteiger partial charge in [-0.2, -0.15) is 0 Å². The number of ether oxygens (including phenoxy) is 1. The van der Waals surface area contributed by atoms with Crippen LogP contribution in [0.5, 0.6) is 5.75 Å². The molecule has 1 aromatic heterocycles. The van der Waals surface area contributed by atoms with Gasteiger partial charge < -0.3 is 14.7 Å². The minimum absolute atomic E-state index is 0.0235. The Balaban J connectivity index is 2.23. The van der Waals surface area contributed by atoms with Crippen molar-refractivity contribution in [1.82, 2.24) is 4.98 Å². The maximum absolute atomic E-state index is 11.7. The number of methoxy groups -OCH3 is 1. The average molecular weight is 397 g/mol. The lowest BCUT2D eigenvalue weighted by atomic mass is 9.82. The van der Waals surface area contributed by atoms with E-state index in [4.69, 9.17) is 9.72 Å². The average Bonchev–Trinajstić information content (AvgIpc) is 2.64. The molecule has 1 aliphatic rings. The van der Waals surface area contributed by atoms with Gasteiger partial charge in [0.1, 0.15) is 5.75 Å². The van der Waals surface area contributed by atoms with Crippen molar-refractivity contribution < 1.29 is 14.6 Å².